The number of aromatic nitrogens is 5. The predicted octanol–water partition coefficient (Wildman–Crippen LogP) is -1.31. The number of aliphatic hydroxyl groups is 2. The van der Waals surface area contributed by atoms with Gasteiger partial charge >= 0.3 is 0 Å². The minimum atomic E-state index is -0.550. The lowest BCUT2D eigenvalue weighted by Gasteiger charge is -2.19. The zero-order valence-corrected chi connectivity index (χ0v) is 10.1. The molecule has 0 aromatic carbocycles. The third-order valence-electron chi connectivity index (χ3n) is 3.64. The van der Waals surface area contributed by atoms with Crippen molar-refractivity contribution in [3.05, 3.63) is 0 Å². The molecule has 2 aromatic heterocycles. The van der Waals surface area contributed by atoms with Crippen LogP contribution >= 0.6 is 0 Å². The van der Waals surface area contributed by atoms with Crippen LogP contribution in [0, 0.1) is 5.92 Å². The first-order valence-electron chi connectivity index (χ1n) is 6.04. The van der Waals surface area contributed by atoms with E-state index in [-0.39, 0.29) is 30.3 Å². The van der Waals surface area contributed by atoms with Crippen molar-refractivity contribution in [2.75, 3.05) is 18.1 Å². The standard InChI is InChI=1S/C10H15N7O2/c11-8-7-9(14-10(12)13-8)17(16-15-7)5-1-2-6(19)4(5)3-18/h4-6,18-19H,1-3H2,(H4,11,12,13,14)/t4-,5-,6-/m0/s1. The lowest BCUT2D eigenvalue weighted by molar-refractivity contribution is 0.0723. The second-order valence-corrected chi connectivity index (χ2v) is 4.73. The molecule has 0 unspecified atom stereocenters. The zero-order chi connectivity index (χ0) is 13.6. The molecule has 1 aliphatic rings. The molecule has 0 amide bonds. The predicted molar refractivity (Wildman–Crippen MR) is 66.8 cm³/mol. The van der Waals surface area contributed by atoms with Crippen LogP contribution in [-0.4, -0.2) is 47.9 Å². The van der Waals surface area contributed by atoms with Gasteiger partial charge in [-0.3, -0.25) is 0 Å². The van der Waals surface area contributed by atoms with Crippen LogP contribution in [0.15, 0.2) is 0 Å². The summed E-state index contributed by atoms with van der Waals surface area (Å²) < 4.78 is 1.57. The molecule has 2 aromatic rings. The van der Waals surface area contributed by atoms with Gasteiger partial charge in [0.1, 0.15) is 0 Å². The molecule has 9 nitrogen and oxygen atoms in total. The summed E-state index contributed by atoms with van der Waals surface area (Å²) in [5, 5.41) is 27.2. The number of hydrogen-bond donors (Lipinski definition) is 4. The topological polar surface area (TPSA) is 149 Å². The molecule has 9 heteroatoms. The number of nitrogens with two attached hydrogens (primary N) is 2. The fourth-order valence-electron chi connectivity index (χ4n) is 2.66. The van der Waals surface area contributed by atoms with Crippen LogP contribution in [0.5, 0.6) is 0 Å². The highest BCUT2D eigenvalue weighted by Crippen LogP contribution is 2.36. The summed E-state index contributed by atoms with van der Waals surface area (Å²) in [5.74, 6) is -0.0668. The summed E-state index contributed by atoms with van der Waals surface area (Å²) in [7, 11) is 0. The normalized spacial score (nSPS) is 27.2. The molecule has 6 N–H and O–H groups in total. The van der Waals surface area contributed by atoms with Crippen LogP contribution in [0.4, 0.5) is 11.8 Å². The number of hydrogen-bond acceptors (Lipinski definition) is 8. The lowest BCUT2D eigenvalue weighted by atomic mass is 10.0. The molecule has 1 saturated carbocycles. The van der Waals surface area contributed by atoms with Crippen LogP contribution in [0.2, 0.25) is 0 Å². The number of nitrogens with zero attached hydrogens (tertiary/aromatic N) is 5. The fourth-order valence-corrected chi connectivity index (χ4v) is 2.66. The maximum Gasteiger partial charge on any atom is 0.224 e. The highest BCUT2D eigenvalue weighted by Gasteiger charge is 2.37. The summed E-state index contributed by atoms with van der Waals surface area (Å²) in [4.78, 5) is 7.92. The largest absolute Gasteiger partial charge is 0.396 e. The van der Waals surface area contributed by atoms with E-state index in [4.69, 9.17) is 11.5 Å². The van der Waals surface area contributed by atoms with Gasteiger partial charge in [-0.1, -0.05) is 5.21 Å². The molecule has 1 fully saturated rings. The first-order valence-corrected chi connectivity index (χ1v) is 6.04. The van der Waals surface area contributed by atoms with Gasteiger partial charge in [-0.2, -0.15) is 9.97 Å². The minimum Gasteiger partial charge on any atom is -0.396 e. The van der Waals surface area contributed by atoms with Gasteiger partial charge < -0.3 is 21.7 Å². The van der Waals surface area contributed by atoms with Gasteiger partial charge in [0, 0.05) is 5.92 Å². The zero-order valence-electron chi connectivity index (χ0n) is 10.1. The molecule has 0 radical (unpaired) electrons. The first-order chi connectivity index (χ1) is 9.11. The first kappa shape index (κ1) is 12.1. The molecular weight excluding hydrogens is 250 g/mol. The summed E-state index contributed by atoms with van der Waals surface area (Å²) >= 11 is 0. The molecule has 0 aliphatic heterocycles. The third-order valence-corrected chi connectivity index (χ3v) is 3.64. The SMILES string of the molecule is Nc1nc(N)c2nnn([C@H]3CC[C@H](O)[C@H]3CO)c2n1. The van der Waals surface area contributed by atoms with Crippen molar-refractivity contribution in [3.8, 4) is 0 Å². The van der Waals surface area contributed by atoms with Crippen molar-refractivity contribution in [1.29, 1.82) is 0 Å². The average Bonchev–Trinajstić information content (AvgIpc) is 2.92. The van der Waals surface area contributed by atoms with Crippen LogP contribution in [0.1, 0.15) is 18.9 Å². The molecule has 3 atom stereocenters. The van der Waals surface area contributed by atoms with Crippen LogP contribution in [0.3, 0.4) is 0 Å². The maximum absolute atomic E-state index is 9.84. The number of anilines is 2. The molecule has 0 bridgehead atoms. The fraction of sp³-hybridized carbons (Fsp3) is 0.600. The van der Waals surface area contributed by atoms with Gasteiger partial charge in [-0.25, -0.2) is 4.68 Å². The van der Waals surface area contributed by atoms with E-state index in [9.17, 15) is 10.2 Å². The van der Waals surface area contributed by atoms with E-state index in [0.29, 0.717) is 24.0 Å². The Balaban J connectivity index is 2.11. The molecule has 1 aliphatic carbocycles. The molecular formula is C10H15N7O2. The third kappa shape index (κ3) is 1.78. The van der Waals surface area contributed by atoms with Gasteiger partial charge in [0.2, 0.25) is 5.95 Å². The van der Waals surface area contributed by atoms with E-state index in [1.54, 1.807) is 4.68 Å². The second kappa shape index (κ2) is 4.28. The molecule has 3 rings (SSSR count). The highest BCUT2D eigenvalue weighted by molar-refractivity contribution is 5.81. The van der Waals surface area contributed by atoms with Crippen molar-refractivity contribution in [2.24, 2.45) is 5.92 Å². The molecule has 0 saturated heterocycles. The van der Waals surface area contributed by atoms with E-state index in [1.807, 2.05) is 0 Å². The van der Waals surface area contributed by atoms with Gasteiger partial charge in [0.25, 0.3) is 0 Å². The summed E-state index contributed by atoms with van der Waals surface area (Å²) in [6.45, 7) is -0.122. The van der Waals surface area contributed by atoms with Gasteiger partial charge in [-0.15, -0.1) is 5.10 Å². The Morgan fingerprint density at radius 1 is 1.26 bits per heavy atom. The van der Waals surface area contributed by atoms with Crippen LogP contribution < -0.4 is 11.5 Å². The van der Waals surface area contributed by atoms with Crippen molar-refractivity contribution in [1.82, 2.24) is 25.0 Å². The molecule has 0 spiro atoms. The van der Waals surface area contributed by atoms with Crippen molar-refractivity contribution >= 4 is 22.9 Å². The van der Waals surface area contributed by atoms with E-state index >= 15 is 0 Å². The maximum atomic E-state index is 9.84. The molecule has 102 valence electrons. The minimum absolute atomic E-state index is 0.0487. The Labute approximate surface area is 108 Å². The Bertz CT molecular complexity index is 613. The monoisotopic (exact) mass is 265 g/mol. The Hall–Kier alpha value is -2.00. The average molecular weight is 265 g/mol. The Morgan fingerprint density at radius 3 is 2.79 bits per heavy atom. The smallest absolute Gasteiger partial charge is 0.224 e. The number of nitrogen functional groups attached to an aromatic ring is 2. The van der Waals surface area contributed by atoms with E-state index in [2.05, 4.69) is 20.3 Å². The number of aliphatic hydroxyl groups excluding tert-OH is 2. The van der Waals surface area contributed by atoms with Crippen LogP contribution in [0.25, 0.3) is 11.2 Å². The van der Waals surface area contributed by atoms with Crippen molar-refractivity contribution < 1.29 is 10.2 Å². The highest BCUT2D eigenvalue weighted by atomic mass is 16.3. The van der Waals surface area contributed by atoms with Gasteiger partial charge in [0.15, 0.2) is 17.0 Å². The van der Waals surface area contributed by atoms with Gasteiger partial charge in [0.05, 0.1) is 18.8 Å². The summed E-state index contributed by atoms with van der Waals surface area (Å²) in [6, 6.07) is -0.168. The Morgan fingerprint density at radius 2 is 2.05 bits per heavy atom. The van der Waals surface area contributed by atoms with Crippen LogP contribution in [-0.2, 0) is 0 Å². The second-order valence-electron chi connectivity index (χ2n) is 4.73. The van der Waals surface area contributed by atoms with E-state index in [1.165, 1.54) is 0 Å². The number of rotatable bonds is 2. The molecule has 19 heavy (non-hydrogen) atoms. The Kier molecular flexibility index (Phi) is 2.72. The quantitative estimate of drug-likeness (QED) is 0.523. The summed E-state index contributed by atoms with van der Waals surface area (Å²) in [6.07, 6.45) is 0.743. The summed E-state index contributed by atoms with van der Waals surface area (Å²) in [5.41, 5.74) is 12.1. The van der Waals surface area contributed by atoms with Crippen molar-refractivity contribution in [3.63, 3.8) is 0 Å². The van der Waals surface area contributed by atoms with Gasteiger partial charge in [-0.05, 0) is 12.8 Å². The molecule has 2 heterocycles. The van der Waals surface area contributed by atoms with Crippen molar-refractivity contribution in [2.45, 2.75) is 25.0 Å². The van der Waals surface area contributed by atoms with E-state index in [0.717, 1.165) is 0 Å². The number of fused-ring (bicyclic) bond motifs is 1. The van der Waals surface area contributed by atoms with E-state index < -0.39 is 6.10 Å². The lowest BCUT2D eigenvalue weighted by Crippen LogP contribution is -2.26.